The van der Waals surface area contributed by atoms with Crippen LogP contribution >= 0.6 is 0 Å². The lowest BCUT2D eigenvalue weighted by molar-refractivity contribution is 1.18. The van der Waals surface area contributed by atoms with Gasteiger partial charge in [0.1, 0.15) is 0 Å². The van der Waals surface area contributed by atoms with Gasteiger partial charge in [0.05, 0.1) is 28.3 Å². The molecule has 0 radical (unpaired) electrons. The number of nitrogens with zero attached hydrogens (tertiary/aromatic N) is 4. The van der Waals surface area contributed by atoms with Gasteiger partial charge in [-0.3, -0.25) is 0 Å². The third-order valence-electron chi connectivity index (χ3n) is 10.2. The van der Waals surface area contributed by atoms with Crippen molar-refractivity contribution in [2.24, 2.45) is 0 Å². The zero-order valence-corrected chi connectivity index (χ0v) is 29.9. The molecule has 0 aliphatic heterocycles. The molecule has 0 aliphatic carbocycles. The Morgan fingerprint density at radius 3 is 1.56 bits per heavy atom. The smallest absolute Gasteiger partial charge is 0.160 e. The minimum absolute atomic E-state index is 0.687. The van der Waals surface area contributed by atoms with Crippen molar-refractivity contribution < 1.29 is 0 Å². The highest BCUT2D eigenvalue weighted by atomic mass is 15.1. The lowest BCUT2D eigenvalue weighted by atomic mass is 9.92. The molecule has 0 N–H and O–H groups in total. The van der Waals surface area contributed by atoms with E-state index in [1.54, 1.807) is 0 Å². The molecule has 2 aromatic heterocycles. The molecule has 0 atom stereocenters. The molecule has 0 spiro atoms. The molecule has 4 nitrogen and oxygen atoms in total. The summed E-state index contributed by atoms with van der Waals surface area (Å²) < 4.78 is 0. The van der Waals surface area contributed by atoms with E-state index in [1.807, 2.05) is 36.4 Å². The van der Waals surface area contributed by atoms with Gasteiger partial charge in [-0.25, -0.2) is 15.0 Å². The Labute approximate surface area is 319 Å². The summed E-state index contributed by atoms with van der Waals surface area (Å²) >= 11 is 0. The van der Waals surface area contributed by atoms with Gasteiger partial charge < -0.3 is 4.90 Å². The number of para-hydroxylation sites is 3. The molecule has 10 rings (SSSR count). The summed E-state index contributed by atoms with van der Waals surface area (Å²) in [5.41, 5.74) is 10.8. The number of hydrogen-bond acceptors (Lipinski definition) is 4. The number of rotatable bonds is 7. The van der Waals surface area contributed by atoms with E-state index in [0.717, 1.165) is 72.7 Å². The summed E-state index contributed by atoms with van der Waals surface area (Å²) in [6.07, 6.45) is 0. The lowest BCUT2D eigenvalue weighted by Crippen LogP contribution is -2.11. The molecule has 4 heteroatoms. The number of anilines is 3. The van der Waals surface area contributed by atoms with Crippen molar-refractivity contribution in [3.63, 3.8) is 0 Å². The van der Waals surface area contributed by atoms with Crippen LogP contribution in [0.2, 0.25) is 0 Å². The number of aromatic nitrogens is 3. The number of fused-ring (bicyclic) bond motifs is 5. The molecule has 55 heavy (non-hydrogen) atoms. The van der Waals surface area contributed by atoms with Gasteiger partial charge in [-0.2, -0.15) is 0 Å². The predicted octanol–water partition coefficient (Wildman–Crippen LogP) is 13.5. The first-order chi connectivity index (χ1) is 27.3. The first-order valence-corrected chi connectivity index (χ1v) is 18.5. The average molecular weight is 703 g/mol. The molecule has 0 aliphatic rings. The van der Waals surface area contributed by atoms with Crippen LogP contribution in [0.5, 0.6) is 0 Å². The summed E-state index contributed by atoms with van der Waals surface area (Å²) in [6.45, 7) is 0. The molecule has 0 unspecified atom stereocenters. The quantitative estimate of drug-likeness (QED) is 0.155. The Morgan fingerprint density at radius 2 is 0.873 bits per heavy atom. The van der Waals surface area contributed by atoms with Crippen LogP contribution in [0.3, 0.4) is 0 Å². The van der Waals surface area contributed by atoms with Crippen LogP contribution in [0.15, 0.2) is 206 Å². The minimum Gasteiger partial charge on any atom is -0.310 e. The van der Waals surface area contributed by atoms with Gasteiger partial charge in [-0.15, -0.1) is 0 Å². The van der Waals surface area contributed by atoms with Gasteiger partial charge in [-0.1, -0.05) is 158 Å². The minimum atomic E-state index is 0.687. The number of benzene rings is 8. The fraction of sp³-hybridized carbons (Fsp3) is 0. The van der Waals surface area contributed by atoms with E-state index in [1.165, 1.54) is 16.2 Å². The van der Waals surface area contributed by atoms with Crippen LogP contribution in [-0.4, -0.2) is 15.0 Å². The first kappa shape index (κ1) is 32.2. The Balaban J connectivity index is 1.27. The Morgan fingerprint density at radius 1 is 0.345 bits per heavy atom. The van der Waals surface area contributed by atoms with Gasteiger partial charge >= 0.3 is 0 Å². The Kier molecular flexibility index (Phi) is 8.12. The summed E-state index contributed by atoms with van der Waals surface area (Å²) in [7, 11) is 0. The number of hydrogen-bond donors (Lipinski definition) is 0. The van der Waals surface area contributed by atoms with Gasteiger partial charge in [0.25, 0.3) is 0 Å². The van der Waals surface area contributed by atoms with E-state index in [2.05, 4.69) is 175 Å². The molecule has 10 aromatic rings. The third-order valence-corrected chi connectivity index (χ3v) is 10.2. The van der Waals surface area contributed by atoms with Crippen LogP contribution in [0.4, 0.5) is 17.1 Å². The topological polar surface area (TPSA) is 41.9 Å². The molecule has 2 heterocycles. The standard InChI is InChI=1S/C51H34N4/c1-5-18-35(19-6-1)45-34-46(54-51(53-45)36-20-7-2-8-21-36)38-23-17-24-39(32-38)50-49-47(55(40-25-9-3-10-26-40)41-27-11-4-12-28-41)33-37-22-13-14-29-42(37)48(49)43-30-15-16-31-44(43)52-50/h1-34H. The average Bonchev–Trinajstić information content (AvgIpc) is 3.27. The molecule has 0 amide bonds. The molecule has 0 saturated heterocycles. The molecule has 8 aromatic carbocycles. The van der Waals surface area contributed by atoms with E-state index < -0.39 is 0 Å². The van der Waals surface area contributed by atoms with Crippen molar-refractivity contribution in [3.8, 4) is 45.2 Å². The molecule has 0 saturated carbocycles. The van der Waals surface area contributed by atoms with Crippen LogP contribution in [-0.2, 0) is 0 Å². The van der Waals surface area contributed by atoms with Crippen molar-refractivity contribution >= 4 is 49.5 Å². The van der Waals surface area contributed by atoms with Crippen molar-refractivity contribution in [3.05, 3.63) is 206 Å². The van der Waals surface area contributed by atoms with Crippen molar-refractivity contribution in [2.45, 2.75) is 0 Å². The predicted molar refractivity (Wildman–Crippen MR) is 229 cm³/mol. The normalized spacial score (nSPS) is 11.3. The maximum absolute atomic E-state index is 5.52. The third kappa shape index (κ3) is 5.96. The highest BCUT2D eigenvalue weighted by Gasteiger charge is 2.23. The maximum atomic E-state index is 5.52. The summed E-state index contributed by atoms with van der Waals surface area (Å²) in [6, 6.07) is 72.0. The summed E-state index contributed by atoms with van der Waals surface area (Å²) in [5, 5.41) is 5.73. The monoisotopic (exact) mass is 702 g/mol. The van der Waals surface area contributed by atoms with Crippen LogP contribution < -0.4 is 4.90 Å². The van der Waals surface area contributed by atoms with Crippen molar-refractivity contribution in [2.75, 3.05) is 4.90 Å². The van der Waals surface area contributed by atoms with E-state index in [9.17, 15) is 0 Å². The summed E-state index contributed by atoms with van der Waals surface area (Å²) in [4.78, 5) is 18.1. The largest absolute Gasteiger partial charge is 0.310 e. The van der Waals surface area contributed by atoms with E-state index in [4.69, 9.17) is 15.0 Å². The van der Waals surface area contributed by atoms with E-state index in [-0.39, 0.29) is 0 Å². The zero-order chi connectivity index (χ0) is 36.6. The van der Waals surface area contributed by atoms with Gasteiger partial charge in [0.2, 0.25) is 0 Å². The Hall–Kier alpha value is -7.43. The second kappa shape index (κ2) is 13.8. The van der Waals surface area contributed by atoms with Crippen molar-refractivity contribution in [1.82, 2.24) is 15.0 Å². The Bertz CT molecular complexity index is 2850. The molecule has 0 fully saturated rings. The molecule has 258 valence electrons. The fourth-order valence-corrected chi connectivity index (χ4v) is 7.67. The second-order valence-electron chi connectivity index (χ2n) is 13.6. The lowest BCUT2D eigenvalue weighted by Gasteiger charge is -2.28. The molecule has 0 bridgehead atoms. The fourth-order valence-electron chi connectivity index (χ4n) is 7.67. The van der Waals surface area contributed by atoms with Crippen LogP contribution in [0, 0.1) is 0 Å². The SMILES string of the molecule is c1ccc(-c2cc(-c3cccc(-c4nc5ccccc5c5c4c(N(c4ccccc4)c4ccccc4)cc4ccccc45)c3)nc(-c3ccccc3)n2)cc1. The summed E-state index contributed by atoms with van der Waals surface area (Å²) in [5.74, 6) is 0.687. The van der Waals surface area contributed by atoms with E-state index in [0.29, 0.717) is 5.82 Å². The second-order valence-corrected chi connectivity index (χ2v) is 13.6. The number of pyridine rings is 1. The molecular formula is C51H34N4. The maximum Gasteiger partial charge on any atom is 0.160 e. The van der Waals surface area contributed by atoms with Gasteiger partial charge in [-0.05, 0) is 59.3 Å². The van der Waals surface area contributed by atoms with Crippen molar-refractivity contribution in [1.29, 1.82) is 0 Å². The highest BCUT2D eigenvalue weighted by Crippen LogP contribution is 2.47. The van der Waals surface area contributed by atoms with Gasteiger partial charge in [0, 0.05) is 49.8 Å². The van der Waals surface area contributed by atoms with E-state index >= 15 is 0 Å². The van der Waals surface area contributed by atoms with Crippen LogP contribution in [0.1, 0.15) is 0 Å². The zero-order valence-electron chi connectivity index (χ0n) is 29.9. The first-order valence-electron chi connectivity index (χ1n) is 18.5. The highest BCUT2D eigenvalue weighted by molar-refractivity contribution is 6.27. The van der Waals surface area contributed by atoms with Crippen LogP contribution in [0.25, 0.3) is 77.6 Å². The molecular weight excluding hydrogens is 669 g/mol. The van der Waals surface area contributed by atoms with Gasteiger partial charge in [0.15, 0.2) is 5.82 Å².